The fraction of sp³-hybridized carbons (Fsp3) is 0.529. The Labute approximate surface area is 147 Å². The van der Waals surface area contributed by atoms with Crippen LogP contribution < -0.4 is 5.32 Å². The fourth-order valence-electron chi connectivity index (χ4n) is 2.89. The molecule has 2 aromatic rings. The summed E-state index contributed by atoms with van der Waals surface area (Å²) in [6, 6.07) is 8.42. The Kier molecular flexibility index (Phi) is 5.46. The van der Waals surface area contributed by atoms with Crippen LogP contribution in [0, 0.1) is 0 Å². The van der Waals surface area contributed by atoms with Crippen LogP contribution in [-0.4, -0.2) is 60.2 Å². The summed E-state index contributed by atoms with van der Waals surface area (Å²) in [7, 11) is 4.16. The van der Waals surface area contributed by atoms with Crippen molar-refractivity contribution in [3.8, 4) is 0 Å². The predicted octanol–water partition coefficient (Wildman–Crippen LogP) is 2.91. The molecule has 0 atom stereocenters. The molecule has 0 saturated carbocycles. The van der Waals surface area contributed by atoms with Crippen LogP contribution in [0.1, 0.15) is 23.8 Å². The molecule has 0 bridgehead atoms. The molecular formula is C17H24N4S2. The maximum Gasteiger partial charge on any atom is 0.168 e. The van der Waals surface area contributed by atoms with Gasteiger partial charge in [0.25, 0.3) is 0 Å². The Morgan fingerprint density at radius 2 is 2.09 bits per heavy atom. The molecule has 1 aromatic carbocycles. The predicted molar refractivity (Wildman–Crippen MR) is 102 cm³/mol. The monoisotopic (exact) mass is 348 g/mol. The van der Waals surface area contributed by atoms with Gasteiger partial charge in [-0.15, -0.1) is 11.3 Å². The van der Waals surface area contributed by atoms with E-state index in [1.807, 2.05) is 11.3 Å². The highest BCUT2D eigenvalue weighted by atomic mass is 32.1. The lowest BCUT2D eigenvalue weighted by Crippen LogP contribution is -2.45. The summed E-state index contributed by atoms with van der Waals surface area (Å²) < 4.78 is 1.30. The Bertz CT molecular complexity index is 626. The summed E-state index contributed by atoms with van der Waals surface area (Å²) >= 11 is 7.36. The molecule has 4 nitrogen and oxygen atoms in total. The zero-order chi connectivity index (χ0) is 16.2. The zero-order valence-corrected chi connectivity index (χ0v) is 15.4. The number of thiocarbonyl (C=S) groups is 1. The molecule has 1 aliphatic rings. The van der Waals surface area contributed by atoms with Gasteiger partial charge >= 0.3 is 0 Å². The Balaban J connectivity index is 1.52. The number of para-hydroxylation sites is 1. The number of aromatic nitrogens is 1. The van der Waals surface area contributed by atoms with Crippen LogP contribution in [0.15, 0.2) is 24.3 Å². The summed E-state index contributed by atoms with van der Waals surface area (Å²) in [6.07, 6.45) is 2.27. The number of piperidine rings is 1. The highest BCUT2D eigenvalue weighted by Crippen LogP contribution is 2.33. The minimum atomic E-state index is 0.577. The second-order valence-electron chi connectivity index (χ2n) is 6.32. The van der Waals surface area contributed by atoms with Gasteiger partial charge in [0.1, 0.15) is 0 Å². The van der Waals surface area contributed by atoms with Crippen LogP contribution in [-0.2, 0) is 0 Å². The zero-order valence-electron chi connectivity index (χ0n) is 13.8. The molecule has 1 saturated heterocycles. The Morgan fingerprint density at radius 1 is 1.35 bits per heavy atom. The summed E-state index contributed by atoms with van der Waals surface area (Å²) in [5, 5.41) is 5.55. The number of likely N-dealkylation sites (tertiary alicyclic amines) is 1. The van der Waals surface area contributed by atoms with Crippen LogP contribution in [0.5, 0.6) is 0 Å². The van der Waals surface area contributed by atoms with Crippen LogP contribution in [0.25, 0.3) is 10.2 Å². The molecule has 3 rings (SSSR count). The van der Waals surface area contributed by atoms with Gasteiger partial charge in [-0.2, -0.15) is 0 Å². The van der Waals surface area contributed by atoms with Crippen molar-refractivity contribution in [1.82, 2.24) is 20.1 Å². The van der Waals surface area contributed by atoms with Gasteiger partial charge in [0.2, 0.25) is 0 Å². The smallest absolute Gasteiger partial charge is 0.168 e. The van der Waals surface area contributed by atoms with Crippen molar-refractivity contribution in [2.45, 2.75) is 18.8 Å². The van der Waals surface area contributed by atoms with Gasteiger partial charge in [0.15, 0.2) is 5.11 Å². The number of hydrogen-bond acceptors (Lipinski definition) is 4. The second-order valence-corrected chi connectivity index (χ2v) is 7.77. The first-order valence-electron chi connectivity index (χ1n) is 8.16. The van der Waals surface area contributed by atoms with E-state index < -0.39 is 0 Å². The third-order valence-electron chi connectivity index (χ3n) is 4.28. The molecular weight excluding hydrogens is 324 g/mol. The lowest BCUT2D eigenvalue weighted by Gasteiger charge is -2.33. The standard InChI is InChI=1S/C17H24N4S2/c1-20(2)12-9-18-17(22)21-10-7-13(8-11-21)16-19-14-5-3-4-6-15(14)23-16/h3-6,13H,7-12H2,1-2H3,(H,18,22). The van der Waals surface area contributed by atoms with E-state index in [4.69, 9.17) is 17.2 Å². The number of fused-ring (bicyclic) bond motifs is 1. The molecule has 0 unspecified atom stereocenters. The molecule has 0 spiro atoms. The number of nitrogens with one attached hydrogen (secondary N) is 1. The molecule has 1 N–H and O–H groups in total. The lowest BCUT2D eigenvalue weighted by atomic mass is 9.98. The van der Waals surface area contributed by atoms with Gasteiger partial charge in [-0.1, -0.05) is 12.1 Å². The SMILES string of the molecule is CN(C)CCNC(=S)N1CCC(c2nc3ccccc3s2)CC1. The largest absolute Gasteiger partial charge is 0.361 e. The molecule has 6 heteroatoms. The normalized spacial score (nSPS) is 16.2. The van der Waals surface area contributed by atoms with E-state index >= 15 is 0 Å². The van der Waals surface area contributed by atoms with Gasteiger partial charge in [-0.3, -0.25) is 0 Å². The average Bonchev–Trinajstić information content (AvgIpc) is 2.98. The van der Waals surface area contributed by atoms with Gasteiger partial charge in [-0.25, -0.2) is 4.98 Å². The summed E-state index contributed by atoms with van der Waals surface area (Å²) in [5.41, 5.74) is 1.14. The molecule has 1 aromatic heterocycles. The third kappa shape index (κ3) is 4.19. The van der Waals surface area contributed by atoms with E-state index in [0.717, 1.165) is 49.6 Å². The second kappa shape index (κ2) is 7.55. The first-order chi connectivity index (χ1) is 11.1. The van der Waals surface area contributed by atoms with E-state index in [9.17, 15) is 0 Å². The number of thiazole rings is 1. The van der Waals surface area contributed by atoms with Crippen LogP contribution in [0.3, 0.4) is 0 Å². The first kappa shape index (κ1) is 16.6. The number of hydrogen-bond donors (Lipinski definition) is 1. The number of nitrogens with zero attached hydrogens (tertiary/aromatic N) is 3. The lowest BCUT2D eigenvalue weighted by molar-refractivity contribution is 0.307. The number of benzene rings is 1. The third-order valence-corrected chi connectivity index (χ3v) is 5.88. The highest BCUT2D eigenvalue weighted by molar-refractivity contribution is 7.80. The van der Waals surface area contributed by atoms with Crippen LogP contribution in [0.4, 0.5) is 0 Å². The van der Waals surface area contributed by atoms with E-state index in [-0.39, 0.29) is 0 Å². The number of rotatable bonds is 4. The summed E-state index contributed by atoms with van der Waals surface area (Å²) in [4.78, 5) is 9.28. The van der Waals surface area contributed by atoms with Gasteiger partial charge in [0.05, 0.1) is 15.2 Å². The average molecular weight is 349 g/mol. The fourth-order valence-corrected chi connectivity index (χ4v) is 4.31. The van der Waals surface area contributed by atoms with Crippen molar-refractivity contribution in [3.63, 3.8) is 0 Å². The Hall–Kier alpha value is -1.24. The minimum Gasteiger partial charge on any atom is -0.361 e. The van der Waals surface area contributed by atoms with E-state index in [1.54, 1.807) is 0 Å². The van der Waals surface area contributed by atoms with Crippen molar-refractivity contribution in [2.75, 3.05) is 40.3 Å². The number of likely N-dealkylation sites (N-methyl/N-ethyl adjacent to an activating group) is 1. The molecule has 124 valence electrons. The minimum absolute atomic E-state index is 0.577. The maximum absolute atomic E-state index is 5.52. The van der Waals surface area contributed by atoms with Gasteiger partial charge in [0, 0.05) is 32.1 Å². The molecule has 1 aliphatic heterocycles. The Morgan fingerprint density at radius 3 is 2.78 bits per heavy atom. The van der Waals surface area contributed by atoms with Crippen molar-refractivity contribution in [3.05, 3.63) is 29.3 Å². The molecule has 0 amide bonds. The van der Waals surface area contributed by atoms with Crippen LogP contribution in [0.2, 0.25) is 0 Å². The molecule has 0 radical (unpaired) electrons. The van der Waals surface area contributed by atoms with Crippen molar-refractivity contribution in [2.24, 2.45) is 0 Å². The molecule has 23 heavy (non-hydrogen) atoms. The summed E-state index contributed by atoms with van der Waals surface area (Å²) in [6.45, 7) is 3.95. The van der Waals surface area contributed by atoms with Crippen molar-refractivity contribution in [1.29, 1.82) is 0 Å². The molecule has 0 aliphatic carbocycles. The van der Waals surface area contributed by atoms with Crippen molar-refractivity contribution >= 4 is 38.9 Å². The molecule has 1 fully saturated rings. The highest BCUT2D eigenvalue weighted by Gasteiger charge is 2.24. The van der Waals surface area contributed by atoms with E-state index in [2.05, 4.69) is 53.5 Å². The quantitative estimate of drug-likeness (QED) is 0.859. The van der Waals surface area contributed by atoms with E-state index in [0.29, 0.717) is 5.92 Å². The van der Waals surface area contributed by atoms with E-state index in [1.165, 1.54) is 9.71 Å². The topological polar surface area (TPSA) is 31.4 Å². The maximum atomic E-state index is 5.52. The van der Waals surface area contributed by atoms with Crippen molar-refractivity contribution < 1.29 is 0 Å². The first-order valence-corrected chi connectivity index (χ1v) is 9.39. The van der Waals surface area contributed by atoms with Gasteiger partial charge in [-0.05, 0) is 51.3 Å². The van der Waals surface area contributed by atoms with Gasteiger partial charge < -0.3 is 15.1 Å². The molecule has 2 heterocycles. The van der Waals surface area contributed by atoms with Crippen LogP contribution >= 0.6 is 23.6 Å². The summed E-state index contributed by atoms with van der Waals surface area (Å²) in [5.74, 6) is 0.577.